The van der Waals surface area contributed by atoms with E-state index in [2.05, 4.69) is 0 Å². The molecule has 0 aliphatic carbocycles. The molecule has 1 atom stereocenters. The number of aryl methyl sites for hydroxylation is 1. The van der Waals surface area contributed by atoms with Crippen LogP contribution in [0.25, 0.3) is 0 Å². The van der Waals surface area contributed by atoms with Crippen LogP contribution in [0, 0.1) is 5.82 Å². The molecule has 2 nitrogen and oxygen atoms in total. The SMILES string of the molecule is NC(c1cccc(Cl)c1F)c1cccc2c1OCCC2. The topological polar surface area (TPSA) is 35.2 Å². The van der Waals surface area contributed by atoms with Crippen LogP contribution in [0.3, 0.4) is 0 Å². The average Bonchev–Trinajstić information content (AvgIpc) is 2.49. The Hall–Kier alpha value is -1.58. The van der Waals surface area contributed by atoms with Crippen LogP contribution in [-0.2, 0) is 6.42 Å². The van der Waals surface area contributed by atoms with E-state index in [0.29, 0.717) is 12.2 Å². The molecule has 1 unspecified atom stereocenters. The van der Waals surface area contributed by atoms with Gasteiger partial charge in [-0.3, -0.25) is 0 Å². The normalized spacial score (nSPS) is 15.3. The van der Waals surface area contributed by atoms with Crippen LogP contribution in [0.15, 0.2) is 36.4 Å². The summed E-state index contributed by atoms with van der Waals surface area (Å²) in [5.41, 5.74) is 8.56. The summed E-state index contributed by atoms with van der Waals surface area (Å²) in [5.74, 6) is 0.334. The zero-order valence-corrected chi connectivity index (χ0v) is 11.7. The molecule has 104 valence electrons. The molecule has 0 fully saturated rings. The van der Waals surface area contributed by atoms with Gasteiger partial charge in [-0.2, -0.15) is 0 Å². The monoisotopic (exact) mass is 291 g/mol. The Bertz CT molecular complexity index is 644. The first kappa shape index (κ1) is 13.4. The van der Waals surface area contributed by atoms with Crippen LogP contribution in [0.2, 0.25) is 5.02 Å². The molecule has 0 spiro atoms. The van der Waals surface area contributed by atoms with Gasteiger partial charge in [-0.15, -0.1) is 0 Å². The lowest BCUT2D eigenvalue weighted by atomic mass is 9.94. The van der Waals surface area contributed by atoms with Gasteiger partial charge in [0.1, 0.15) is 11.6 Å². The number of rotatable bonds is 2. The Morgan fingerprint density at radius 2 is 1.90 bits per heavy atom. The molecular formula is C16H15ClFNO. The predicted octanol–water partition coefficient (Wildman–Crippen LogP) is 3.85. The Morgan fingerprint density at radius 1 is 1.15 bits per heavy atom. The number of para-hydroxylation sites is 1. The summed E-state index contributed by atoms with van der Waals surface area (Å²) in [4.78, 5) is 0. The Morgan fingerprint density at radius 3 is 2.75 bits per heavy atom. The van der Waals surface area contributed by atoms with Gasteiger partial charge in [-0.05, 0) is 24.5 Å². The summed E-state index contributed by atoms with van der Waals surface area (Å²) in [5, 5.41) is 0.0867. The summed E-state index contributed by atoms with van der Waals surface area (Å²) >= 11 is 5.83. The molecule has 0 radical (unpaired) electrons. The Balaban J connectivity index is 2.07. The standard InChI is InChI=1S/C16H15ClFNO/c17-13-8-2-6-11(14(13)18)15(19)12-7-1-4-10-5-3-9-20-16(10)12/h1-2,4,6-8,15H,3,5,9,19H2. The number of halogens is 2. The minimum Gasteiger partial charge on any atom is -0.493 e. The number of ether oxygens (including phenoxy) is 1. The van der Waals surface area contributed by atoms with E-state index >= 15 is 0 Å². The van der Waals surface area contributed by atoms with Crippen molar-refractivity contribution in [1.82, 2.24) is 0 Å². The number of fused-ring (bicyclic) bond motifs is 1. The zero-order chi connectivity index (χ0) is 14.1. The van der Waals surface area contributed by atoms with Gasteiger partial charge in [0, 0.05) is 11.1 Å². The maximum absolute atomic E-state index is 14.1. The van der Waals surface area contributed by atoms with Gasteiger partial charge in [0.15, 0.2) is 0 Å². The van der Waals surface area contributed by atoms with Crippen molar-refractivity contribution >= 4 is 11.6 Å². The second kappa shape index (κ2) is 5.43. The van der Waals surface area contributed by atoms with Crippen molar-refractivity contribution in [3.05, 3.63) is 63.9 Å². The third kappa shape index (κ3) is 2.28. The average molecular weight is 292 g/mol. The maximum atomic E-state index is 14.1. The molecule has 0 saturated carbocycles. The summed E-state index contributed by atoms with van der Waals surface area (Å²) in [6.45, 7) is 0.675. The Labute approximate surface area is 122 Å². The van der Waals surface area contributed by atoms with E-state index in [4.69, 9.17) is 22.1 Å². The fourth-order valence-electron chi connectivity index (χ4n) is 2.59. The molecule has 0 amide bonds. The van der Waals surface area contributed by atoms with Gasteiger partial charge in [0.05, 0.1) is 17.7 Å². The van der Waals surface area contributed by atoms with Crippen LogP contribution in [0.4, 0.5) is 4.39 Å². The molecule has 1 heterocycles. The van der Waals surface area contributed by atoms with Crippen LogP contribution < -0.4 is 10.5 Å². The largest absolute Gasteiger partial charge is 0.493 e. The van der Waals surface area contributed by atoms with Crippen molar-refractivity contribution in [2.24, 2.45) is 5.73 Å². The highest BCUT2D eigenvalue weighted by Crippen LogP contribution is 2.36. The van der Waals surface area contributed by atoms with Crippen molar-refractivity contribution < 1.29 is 9.13 Å². The molecule has 2 aromatic rings. The van der Waals surface area contributed by atoms with Crippen molar-refractivity contribution in [1.29, 1.82) is 0 Å². The fourth-order valence-corrected chi connectivity index (χ4v) is 2.77. The smallest absolute Gasteiger partial charge is 0.146 e. The second-order valence-corrected chi connectivity index (χ2v) is 5.32. The lowest BCUT2D eigenvalue weighted by Crippen LogP contribution is -2.18. The van der Waals surface area contributed by atoms with E-state index in [0.717, 1.165) is 29.7 Å². The third-order valence-electron chi connectivity index (χ3n) is 3.62. The molecule has 4 heteroatoms. The van der Waals surface area contributed by atoms with Gasteiger partial charge < -0.3 is 10.5 Å². The lowest BCUT2D eigenvalue weighted by Gasteiger charge is -2.23. The van der Waals surface area contributed by atoms with Gasteiger partial charge in [0.25, 0.3) is 0 Å². The molecular weight excluding hydrogens is 277 g/mol. The van der Waals surface area contributed by atoms with Crippen molar-refractivity contribution in [2.45, 2.75) is 18.9 Å². The third-order valence-corrected chi connectivity index (χ3v) is 3.91. The molecule has 1 aliphatic rings. The summed E-state index contributed by atoms with van der Waals surface area (Å²) in [6.07, 6.45) is 1.96. The highest BCUT2D eigenvalue weighted by molar-refractivity contribution is 6.30. The molecule has 0 aromatic heterocycles. The van der Waals surface area contributed by atoms with Gasteiger partial charge in [-0.1, -0.05) is 41.9 Å². The maximum Gasteiger partial charge on any atom is 0.146 e. The second-order valence-electron chi connectivity index (χ2n) is 4.91. The van der Waals surface area contributed by atoms with Crippen molar-refractivity contribution in [3.63, 3.8) is 0 Å². The first-order valence-corrected chi connectivity index (χ1v) is 7.00. The highest BCUT2D eigenvalue weighted by Gasteiger charge is 2.22. The van der Waals surface area contributed by atoms with E-state index in [9.17, 15) is 4.39 Å². The summed E-state index contributed by atoms with van der Waals surface area (Å²) in [7, 11) is 0. The predicted molar refractivity (Wildman–Crippen MR) is 77.7 cm³/mol. The van der Waals surface area contributed by atoms with Crippen LogP contribution in [0.1, 0.15) is 29.2 Å². The number of nitrogens with two attached hydrogens (primary N) is 1. The molecule has 2 N–H and O–H groups in total. The van der Waals surface area contributed by atoms with Gasteiger partial charge >= 0.3 is 0 Å². The van der Waals surface area contributed by atoms with E-state index in [1.54, 1.807) is 12.1 Å². The molecule has 3 rings (SSSR count). The number of benzene rings is 2. The lowest BCUT2D eigenvalue weighted by molar-refractivity contribution is 0.284. The first-order valence-electron chi connectivity index (χ1n) is 6.62. The quantitative estimate of drug-likeness (QED) is 0.912. The van der Waals surface area contributed by atoms with Crippen LogP contribution in [-0.4, -0.2) is 6.61 Å². The highest BCUT2D eigenvalue weighted by atomic mass is 35.5. The van der Waals surface area contributed by atoms with E-state index in [1.165, 1.54) is 6.07 Å². The van der Waals surface area contributed by atoms with E-state index in [1.807, 2.05) is 18.2 Å². The van der Waals surface area contributed by atoms with Crippen LogP contribution in [0.5, 0.6) is 5.75 Å². The number of hydrogen-bond donors (Lipinski definition) is 1. The van der Waals surface area contributed by atoms with Crippen LogP contribution >= 0.6 is 11.6 Å². The molecule has 20 heavy (non-hydrogen) atoms. The summed E-state index contributed by atoms with van der Waals surface area (Å²) < 4.78 is 19.8. The molecule has 0 bridgehead atoms. The molecule has 1 aliphatic heterocycles. The van der Waals surface area contributed by atoms with Crippen molar-refractivity contribution in [2.75, 3.05) is 6.61 Å². The van der Waals surface area contributed by atoms with Gasteiger partial charge in [0.2, 0.25) is 0 Å². The number of hydrogen-bond acceptors (Lipinski definition) is 2. The zero-order valence-electron chi connectivity index (χ0n) is 10.9. The van der Waals surface area contributed by atoms with E-state index < -0.39 is 11.9 Å². The summed E-state index contributed by atoms with van der Waals surface area (Å²) in [6, 6.07) is 10.1. The van der Waals surface area contributed by atoms with E-state index in [-0.39, 0.29) is 5.02 Å². The van der Waals surface area contributed by atoms with Gasteiger partial charge in [-0.25, -0.2) is 4.39 Å². The minimum absolute atomic E-state index is 0.0867. The fraction of sp³-hybridized carbons (Fsp3) is 0.250. The Kier molecular flexibility index (Phi) is 3.64. The molecule has 0 saturated heterocycles. The first-order chi connectivity index (χ1) is 9.68. The molecule has 2 aromatic carbocycles. The minimum atomic E-state index is -0.582. The van der Waals surface area contributed by atoms with Crippen molar-refractivity contribution in [3.8, 4) is 5.75 Å².